The number of amides is 1. The molecule has 2 aliphatic rings. The zero-order valence-corrected chi connectivity index (χ0v) is 6.00. The molecule has 0 saturated heterocycles. The van der Waals surface area contributed by atoms with Gasteiger partial charge >= 0.3 is 0 Å². The monoisotopic (exact) mass is 153 g/mol. The number of azo groups is 1. The van der Waals surface area contributed by atoms with Crippen molar-refractivity contribution in [3.8, 4) is 0 Å². The number of ether oxygens (including phenoxy) is 1. The Hall–Kier alpha value is -1.23. The summed E-state index contributed by atoms with van der Waals surface area (Å²) in [4.78, 5) is 11.0. The van der Waals surface area contributed by atoms with E-state index in [1.165, 1.54) is 0 Å². The smallest absolute Gasteiger partial charge is 0.274 e. The average Bonchev–Trinajstić information content (AvgIpc) is 2.54. The third kappa shape index (κ3) is 0.775. The van der Waals surface area contributed by atoms with Gasteiger partial charge in [-0.3, -0.25) is 4.79 Å². The minimum Gasteiger partial charge on any atom is -0.358 e. The summed E-state index contributed by atoms with van der Waals surface area (Å²) >= 11 is 0. The van der Waals surface area contributed by atoms with Gasteiger partial charge in [-0.15, -0.1) is 5.11 Å². The van der Waals surface area contributed by atoms with E-state index in [2.05, 4.69) is 15.5 Å². The molecule has 0 saturated carbocycles. The summed E-state index contributed by atoms with van der Waals surface area (Å²) in [6, 6.07) is 0. The zero-order valence-electron chi connectivity index (χ0n) is 6.00. The number of nitrogens with zero attached hydrogens (tertiary/aromatic N) is 2. The number of rotatable bonds is 1. The summed E-state index contributed by atoms with van der Waals surface area (Å²) in [5.41, 5.74) is 1.27. The van der Waals surface area contributed by atoms with Crippen LogP contribution < -0.4 is 5.32 Å². The van der Waals surface area contributed by atoms with E-state index in [0.29, 0.717) is 12.2 Å². The maximum absolute atomic E-state index is 11.0. The highest BCUT2D eigenvalue weighted by atomic mass is 16.5. The lowest BCUT2D eigenvalue weighted by Gasteiger charge is -2.09. The van der Waals surface area contributed by atoms with Crippen LogP contribution in [0.4, 0.5) is 0 Å². The molecular weight excluding hydrogens is 146 g/mol. The van der Waals surface area contributed by atoms with Gasteiger partial charge in [0.15, 0.2) is 11.9 Å². The quantitative estimate of drug-likeness (QED) is 0.567. The fraction of sp³-hybridized carbons (Fsp3) is 0.500. The first-order chi connectivity index (χ1) is 5.33. The first-order valence-corrected chi connectivity index (χ1v) is 3.27. The van der Waals surface area contributed by atoms with Crippen molar-refractivity contribution in [3.63, 3.8) is 0 Å². The molecular formula is C6H7N3O2. The minimum absolute atomic E-state index is 0.187. The van der Waals surface area contributed by atoms with Crippen molar-refractivity contribution in [2.45, 2.75) is 6.23 Å². The second-order valence-corrected chi connectivity index (χ2v) is 2.36. The standard InChI is InChI=1S/C6H7N3O2/c1-11-6-3-2-7-9-4(3)5(10)8-6/h6H,2H2,1H3,(H,8,10). The molecule has 11 heavy (non-hydrogen) atoms. The molecule has 0 bridgehead atoms. The Labute approximate surface area is 63.1 Å². The molecule has 1 amide bonds. The van der Waals surface area contributed by atoms with Gasteiger partial charge in [-0.05, 0) is 0 Å². The number of nitrogens with one attached hydrogen (secondary N) is 1. The number of hydrogen-bond acceptors (Lipinski definition) is 4. The Balaban J connectivity index is 2.33. The van der Waals surface area contributed by atoms with Crippen LogP contribution in [0.2, 0.25) is 0 Å². The highest BCUT2D eigenvalue weighted by molar-refractivity contribution is 5.97. The molecule has 0 fully saturated rings. The van der Waals surface area contributed by atoms with Crippen molar-refractivity contribution >= 4 is 5.91 Å². The first kappa shape index (κ1) is 6.48. The average molecular weight is 153 g/mol. The van der Waals surface area contributed by atoms with E-state index < -0.39 is 0 Å². The minimum atomic E-state index is -0.313. The molecule has 0 radical (unpaired) electrons. The van der Waals surface area contributed by atoms with Gasteiger partial charge in [0.05, 0.1) is 6.54 Å². The third-order valence-electron chi connectivity index (χ3n) is 1.75. The number of methoxy groups -OCH3 is 1. The van der Waals surface area contributed by atoms with E-state index in [1.54, 1.807) is 7.11 Å². The van der Waals surface area contributed by atoms with Crippen molar-refractivity contribution in [1.82, 2.24) is 5.32 Å². The molecule has 0 aromatic rings. The van der Waals surface area contributed by atoms with Crippen LogP contribution in [0.1, 0.15) is 0 Å². The van der Waals surface area contributed by atoms with Gasteiger partial charge in [0.2, 0.25) is 0 Å². The lowest BCUT2D eigenvalue weighted by molar-refractivity contribution is -0.118. The van der Waals surface area contributed by atoms with Gasteiger partial charge in [-0.2, -0.15) is 5.11 Å². The Bertz CT molecular complexity index is 269. The van der Waals surface area contributed by atoms with Gasteiger partial charge in [0.1, 0.15) is 0 Å². The molecule has 0 spiro atoms. The zero-order chi connectivity index (χ0) is 7.84. The van der Waals surface area contributed by atoms with Crippen LogP contribution in [-0.4, -0.2) is 25.8 Å². The number of carbonyl (C=O) groups excluding carboxylic acids is 1. The lowest BCUT2D eigenvalue weighted by atomic mass is 10.2. The van der Waals surface area contributed by atoms with Crippen LogP contribution in [0, 0.1) is 0 Å². The SMILES string of the molecule is COC1NC(=O)C2=C1CN=N2. The summed E-state index contributed by atoms with van der Waals surface area (Å²) in [6.07, 6.45) is -0.313. The maximum atomic E-state index is 11.0. The van der Waals surface area contributed by atoms with Gasteiger partial charge in [-0.25, -0.2) is 0 Å². The van der Waals surface area contributed by atoms with Crippen LogP contribution in [0.5, 0.6) is 0 Å². The largest absolute Gasteiger partial charge is 0.358 e. The maximum Gasteiger partial charge on any atom is 0.274 e. The van der Waals surface area contributed by atoms with Crippen molar-refractivity contribution in [2.24, 2.45) is 10.2 Å². The highest BCUT2D eigenvalue weighted by Gasteiger charge is 2.34. The van der Waals surface area contributed by atoms with E-state index >= 15 is 0 Å². The summed E-state index contributed by atoms with van der Waals surface area (Å²) < 4.78 is 4.99. The summed E-state index contributed by atoms with van der Waals surface area (Å²) in [5, 5.41) is 10.0. The molecule has 2 heterocycles. The molecule has 5 nitrogen and oxygen atoms in total. The Morgan fingerprint density at radius 2 is 2.55 bits per heavy atom. The van der Waals surface area contributed by atoms with Crippen LogP contribution in [0.25, 0.3) is 0 Å². The van der Waals surface area contributed by atoms with Gasteiger partial charge in [0, 0.05) is 12.7 Å². The van der Waals surface area contributed by atoms with Crippen LogP contribution >= 0.6 is 0 Å². The van der Waals surface area contributed by atoms with Crippen molar-refractivity contribution in [3.05, 3.63) is 11.3 Å². The van der Waals surface area contributed by atoms with Gasteiger partial charge in [0.25, 0.3) is 5.91 Å². The molecule has 58 valence electrons. The summed E-state index contributed by atoms with van der Waals surface area (Å²) in [6.45, 7) is 0.479. The Morgan fingerprint density at radius 1 is 1.73 bits per heavy atom. The van der Waals surface area contributed by atoms with Crippen molar-refractivity contribution in [2.75, 3.05) is 13.7 Å². The predicted octanol–water partition coefficient (Wildman–Crippen LogP) is -0.191. The molecule has 2 rings (SSSR count). The van der Waals surface area contributed by atoms with Gasteiger partial charge in [-0.1, -0.05) is 0 Å². The molecule has 1 N–H and O–H groups in total. The molecule has 0 aliphatic carbocycles. The summed E-state index contributed by atoms with van der Waals surface area (Å²) in [7, 11) is 1.54. The van der Waals surface area contributed by atoms with Crippen LogP contribution in [0.15, 0.2) is 21.5 Å². The molecule has 5 heteroatoms. The van der Waals surface area contributed by atoms with E-state index in [4.69, 9.17) is 4.74 Å². The molecule has 1 atom stereocenters. The number of carbonyl (C=O) groups is 1. The predicted molar refractivity (Wildman–Crippen MR) is 35.7 cm³/mol. The topological polar surface area (TPSA) is 63.0 Å². The molecule has 1 unspecified atom stereocenters. The first-order valence-electron chi connectivity index (χ1n) is 3.27. The van der Waals surface area contributed by atoms with Gasteiger partial charge < -0.3 is 10.1 Å². The van der Waals surface area contributed by atoms with Crippen LogP contribution in [0.3, 0.4) is 0 Å². The van der Waals surface area contributed by atoms with E-state index in [1.807, 2.05) is 0 Å². The Morgan fingerprint density at radius 3 is 3.27 bits per heavy atom. The normalized spacial score (nSPS) is 27.7. The second-order valence-electron chi connectivity index (χ2n) is 2.36. The Kier molecular flexibility index (Phi) is 1.25. The molecule has 0 aromatic heterocycles. The summed E-state index contributed by atoms with van der Waals surface area (Å²) in [5.74, 6) is -0.187. The fourth-order valence-corrected chi connectivity index (χ4v) is 1.20. The van der Waals surface area contributed by atoms with E-state index in [9.17, 15) is 4.79 Å². The molecule has 0 aromatic carbocycles. The third-order valence-corrected chi connectivity index (χ3v) is 1.75. The highest BCUT2D eigenvalue weighted by Crippen LogP contribution is 2.24. The van der Waals surface area contributed by atoms with Crippen molar-refractivity contribution < 1.29 is 9.53 Å². The van der Waals surface area contributed by atoms with E-state index in [0.717, 1.165) is 5.57 Å². The van der Waals surface area contributed by atoms with Crippen molar-refractivity contribution in [1.29, 1.82) is 0 Å². The fourth-order valence-electron chi connectivity index (χ4n) is 1.20. The van der Waals surface area contributed by atoms with E-state index in [-0.39, 0.29) is 12.1 Å². The number of hydrogen-bond donors (Lipinski definition) is 1. The second kappa shape index (κ2) is 2.13. The lowest BCUT2D eigenvalue weighted by Crippen LogP contribution is -2.31. The van der Waals surface area contributed by atoms with Crippen LogP contribution in [-0.2, 0) is 9.53 Å². The molecule has 2 aliphatic heterocycles.